The second-order valence-corrected chi connectivity index (χ2v) is 4.52. The predicted molar refractivity (Wildman–Crippen MR) is 52.6 cm³/mol. The van der Waals surface area contributed by atoms with Gasteiger partial charge in [0.25, 0.3) is 0 Å². The minimum atomic E-state index is -4.02. The summed E-state index contributed by atoms with van der Waals surface area (Å²) in [5.41, 5.74) is 0. The predicted octanol–water partition coefficient (Wildman–Crippen LogP) is 3.73. The monoisotopic (exact) mass is 246 g/mol. The quantitative estimate of drug-likeness (QED) is 0.664. The molecule has 15 heavy (non-hydrogen) atoms. The molecular weight excluding hydrogens is 232 g/mol. The Morgan fingerprint density at radius 2 is 1.60 bits per heavy atom. The van der Waals surface area contributed by atoms with Gasteiger partial charge in [-0.3, -0.25) is 4.79 Å². The topological polar surface area (TPSA) is 17.1 Å². The number of halogens is 4. The smallest absolute Gasteiger partial charge is 0.288 e. The van der Waals surface area contributed by atoms with E-state index in [0.29, 0.717) is 11.8 Å². The average molecular weight is 246 g/mol. The fourth-order valence-electron chi connectivity index (χ4n) is 1.00. The summed E-state index contributed by atoms with van der Waals surface area (Å²) in [5, 5.41) is -0.343. The molecule has 0 atom stereocenters. The van der Waals surface area contributed by atoms with Crippen LogP contribution in [0.2, 0.25) is 0 Å². The molecule has 0 aliphatic rings. The summed E-state index contributed by atoms with van der Waals surface area (Å²) in [5.74, 6) is -8.27. The Bertz CT molecular complexity index is 218. The molecule has 0 aromatic carbocycles. The lowest BCUT2D eigenvalue weighted by molar-refractivity contribution is -0.212. The van der Waals surface area contributed by atoms with E-state index in [9.17, 15) is 22.4 Å². The van der Waals surface area contributed by atoms with E-state index in [1.165, 1.54) is 13.8 Å². The van der Waals surface area contributed by atoms with Crippen LogP contribution in [0, 0.1) is 0 Å². The molecule has 0 heterocycles. The summed E-state index contributed by atoms with van der Waals surface area (Å²) in [4.78, 5) is 10.4. The Hall–Kier alpha value is -0.260. The molecule has 0 aliphatic carbocycles. The van der Waals surface area contributed by atoms with E-state index in [-0.39, 0.29) is 17.3 Å². The first-order valence-electron chi connectivity index (χ1n) is 4.62. The van der Waals surface area contributed by atoms with E-state index in [1.54, 1.807) is 0 Å². The van der Waals surface area contributed by atoms with Crippen LogP contribution in [0.25, 0.3) is 0 Å². The molecule has 0 amide bonds. The van der Waals surface area contributed by atoms with Crippen molar-refractivity contribution in [2.24, 2.45) is 0 Å². The van der Waals surface area contributed by atoms with Gasteiger partial charge in [-0.15, -0.1) is 0 Å². The van der Waals surface area contributed by atoms with Crippen LogP contribution in [0.4, 0.5) is 17.6 Å². The number of hydrogen-bond donors (Lipinski definition) is 0. The van der Waals surface area contributed by atoms with E-state index < -0.39 is 24.7 Å². The highest BCUT2D eigenvalue weighted by molar-refractivity contribution is 8.13. The highest BCUT2D eigenvalue weighted by Gasteiger charge is 2.54. The molecule has 0 aromatic rings. The SMILES string of the molecule is CCCC(F)(F)C(F)(F)CCSC(C)=O. The third kappa shape index (κ3) is 4.86. The largest absolute Gasteiger partial charge is 0.311 e. The molecule has 0 spiro atoms. The molecule has 0 fully saturated rings. The molecule has 0 saturated carbocycles. The third-order valence-corrected chi connectivity index (χ3v) is 2.64. The number of hydrogen-bond acceptors (Lipinski definition) is 2. The van der Waals surface area contributed by atoms with Crippen LogP contribution in [0.15, 0.2) is 0 Å². The summed E-state index contributed by atoms with van der Waals surface area (Å²) < 4.78 is 51.7. The number of thioether (sulfide) groups is 1. The van der Waals surface area contributed by atoms with Gasteiger partial charge >= 0.3 is 11.8 Å². The van der Waals surface area contributed by atoms with Crippen molar-refractivity contribution < 1.29 is 22.4 Å². The van der Waals surface area contributed by atoms with Crippen LogP contribution in [0.1, 0.15) is 33.1 Å². The van der Waals surface area contributed by atoms with Crippen molar-refractivity contribution >= 4 is 16.9 Å². The van der Waals surface area contributed by atoms with Crippen LogP contribution in [0.3, 0.4) is 0 Å². The van der Waals surface area contributed by atoms with Crippen LogP contribution in [-0.2, 0) is 4.79 Å². The van der Waals surface area contributed by atoms with Gasteiger partial charge in [0.2, 0.25) is 0 Å². The fraction of sp³-hybridized carbons (Fsp3) is 0.889. The number of carbonyl (C=O) groups is 1. The van der Waals surface area contributed by atoms with Crippen molar-refractivity contribution in [2.45, 2.75) is 45.0 Å². The van der Waals surface area contributed by atoms with Crippen LogP contribution in [0.5, 0.6) is 0 Å². The lowest BCUT2D eigenvalue weighted by Gasteiger charge is -2.25. The Morgan fingerprint density at radius 1 is 1.13 bits per heavy atom. The Morgan fingerprint density at radius 3 is 2.00 bits per heavy atom. The first-order chi connectivity index (χ1) is 6.73. The van der Waals surface area contributed by atoms with E-state index >= 15 is 0 Å². The van der Waals surface area contributed by atoms with Gasteiger partial charge in [-0.2, -0.15) is 17.6 Å². The van der Waals surface area contributed by atoms with Crippen molar-refractivity contribution in [3.63, 3.8) is 0 Å². The van der Waals surface area contributed by atoms with Gasteiger partial charge in [-0.1, -0.05) is 25.1 Å². The zero-order chi connectivity index (χ0) is 12.1. The first kappa shape index (κ1) is 14.7. The molecule has 90 valence electrons. The Labute approximate surface area is 90.6 Å². The van der Waals surface area contributed by atoms with Crippen LogP contribution >= 0.6 is 11.8 Å². The van der Waals surface area contributed by atoms with Gasteiger partial charge in [-0.05, 0) is 0 Å². The van der Waals surface area contributed by atoms with Gasteiger partial charge in [0, 0.05) is 25.5 Å². The summed E-state index contributed by atoms with van der Waals surface area (Å²) >= 11 is 0.640. The average Bonchev–Trinajstić information content (AvgIpc) is 2.02. The van der Waals surface area contributed by atoms with Crippen molar-refractivity contribution in [1.82, 2.24) is 0 Å². The summed E-state index contributed by atoms with van der Waals surface area (Å²) in [7, 11) is 0. The summed E-state index contributed by atoms with van der Waals surface area (Å²) in [6.45, 7) is 2.64. The molecule has 0 N–H and O–H groups in total. The van der Waals surface area contributed by atoms with Gasteiger partial charge in [-0.25, -0.2) is 0 Å². The molecule has 0 radical (unpaired) electrons. The lowest BCUT2D eigenvalue weighted by atomic mass is 10.0. The molecule has 0 bridgehead atoms. The van der Waals surface area contributed by atoms with Crippen molar-refractivity contribution in [3.8, 4) is 0 Å². The molecule has 0 unspecified atom stereocenters. The first-order valence-corrected chi connectivity index (χ1v) is 5.60. The lowest BCUT2D eigenvalue weighted by Crippen LogP contribution is -2.40. The Balaban J connectivity index is 4.20. The maximum Gasteiger partial charge on any atom is 0.311 e. The summed E-state index contributed by atoms with van der Waals surface area (Å²) in [6.07, 6.45) is -1.79. The molecule has 1 nitrogen and oxygen atoms in total. The zero-order valence-electron chi connectivity index (χ0n) is 8.66. The van der Waals surface area contributed by atoms with Crippen LogP contribution in [-0.4, -0.2) is 22.7 Å². The highest BCUT2D eigenvalue weighted by Crippen LogP contribution is 2.40. The van der Waals surface area contributed by atoms with E-state index in [2.05, 4.69) is 0 Å². The zero-order valence-corrected chi connectivity index (χ0v) is 9.47. The van der Waals surface area contributed by atoms with Crippen LogP contribution < -0.4 is 0 Å². The maximum absolute atomic E-state index is 13.0. The normalized spacial score (nSPS) is 12.9. The molecule has 0 saturated heterocycles. The van der Waals surface area contributed by atoms with Crippen molar-refractivity contribution in [3.05, 3.63) is 0 Å². The van der Waals surface area contributed by atoms with Gasteiger partial charge in [0.15, 0.2) is 5.12 Å². The highest BCUT2D eigenvalue weighted by atomic mass is 32.2. The Kier molecular flexibility index (Phi) is 5.62. The van der Waals surface area contributed by atoms with Crippen molar-refractivity contribution in [2.75, 3.05) is 5.75 Å². The minimum Gasteiger partial charge on any atom is -0.288 e. The summed E-state index contributed by atoms with van der Waals surface area (Å²) in [6, 6.07) is 0. The number of rotatable bonds is 6. The van der Waals surface area contributed by atoms with Gasteiger partial charge < -0.3 is 0 Å². The second kappa shape index (κ2) is 5.72. The number of carbonyl (C=O) groups excluding carboxylic acids is 1. The number of alkyl halides is 4. The van der Waals surface area contributed by atoms with Crippen molar-refractivity contribution in [1.29, 1.82) is 0 Å². The maximum atomic E-state index is 13.0. The molecule has 0 rings (SSSR count). The fourth-order valence-corrected chi connectivity index (χ4v) is 1.65. The van der Waals surface area contributed by atoms with E-state index in [4.69, 9.17) is 0 Å². The van der Waals surface area contributed by atoms with E-state index in [1.807, 2.05) is 0 Å². The molecule has 6 heteroatoms. The minimum absolute atomic E-state index is 0.00242. The van der Waals surface area contributed by atoms with Gasteiger partial charge in [0.05, 0.1) is 0 Å². The second-order valence-electron chi connectivity index (χ2n) is 3.25. The third-order valence-electron chi connectivity index (χ3n) is 1.82. The molecular formula is C9H14F4OS. The molecule has 0 aromatic heterocycles. The van der Waals surface area contributed by atoms with Gasteiger partial charge in [0.1, 0.15) is 0 Å². The standard InChI is InChI=1S/C9H14F4OS/c1-3-4-8(10,11)9(12,13)5-6-15-7(2)14/h3-6H2,1-2H3. The van der Waals surface area contributed by atoms with E-state index in [0.717, 1.165) is 0 Å². The molecule has 0 aliphatic heterocycles.